The van der Waals surface area contributed by atoms with Gasteiger partial charge in [-0.25, -0.2) is 0 Å². The number of aromatic nitrogens is 1. The van der Waals surface area contributed by atoms with E-state index in [1.165, 1.54) is 5.56 Å². The Morgan fingerprint density at radius 3 is 2.57 bits per heavy atom. The van der Waals surface area contributed by atoms with Gasteiger partial charge in [0.15, 0.2) is 0 Å². The standard InChI is InChI=1S/C17H19BrN2O/c1-3-12-4-6-14(7-5-12)19(2)17(21)16-10-13(18)11-20(16)15-8-9-15/h4-7,10-11,15H,3,8-9H2,1-2H3. The van der Waals surface area contributed by atoms with E-state index in [1.807, 2.05) is 31.4 Å². The van der Waals surface area contributed by atoms with Crippen LogP contribution in [0, 0.1) is 0 Å². The molecule has 21 heavy (non-hydrogen) atoms. The van der Waals surface area contributed by atoms with E-state index in [0.717, 1.165) is 35.1 Å². The van der Waals surface area contributed by atoms with Crippen LogP contribution in [-0.4, -0.2) is 17.5 Å². The second-order valence-corrected chi connectivity index (χ2v) is 6.48. The first-order valence-corrected chi connectivity index (χ1v) is 8.14. The largest absolute Gasteiger partial charge is 0.339 e. The molecule has 1 aliphatic rings. The lowest BCUT2D eigenvalue weighted by Gasteiger charge is -2.19. The summed E-state index contributed by atoms with van der Waals surface area (Å²) in [4.78, 5) is 14.5. The predicted octanol–water partition coefficient (Wildman–Crippen LogP) is 4.42. The second kappa shape index (κ2) is 5.68. The average molecular weight is 347 g/mol. The fourth-order valence-corrected chi connectivity index (χ4v) is 2.95. The van der Waals surface area contributed by atoms with E-state index in [2.05, 4.69) is 39.6 Å². The number of rotatable bonds is 4. The molecule has 2 aromatic rings. The van der Waals surface area contributed by atoms with Crippen molar-refractivity contribution in [2.45, 2.75) is 32.2 Å². The van der Waals surface area contributed by atoms with Gasteiger partial charge >= 0.3 is 0 Å². The van der Waals surface area contributed by atoms with Crippen molar-refractivity contribution in [3.05, 3.63) is 52.3 Å². The molecule has 0 bridgehead atoms. The van der Waals surface area contributed by atoms with Crippen molar-refractivity contribution in [3.63, 3.8) is 0 Å². The first-order chi connectivity index (χ1) is 10.1. The zero-order valence-electron chi connectivity index (χ0n) is 12.3. The van der Waals surface area contributed by atoms with Gasteiger partial charge in [0, 0.05) is 29.4 Å². The molecule has 0 aliphatic heterocycles. The molecule has 110 valence electrons. The number of benzene rings is 1. The van der Waals surface area contributed by atoms with Gasteiger partial charge in [-0.05, 0) is 59.0 Å². The molecule has 1 amide bonds. The van der Waals surface area contributed by atoms with Gasteiger partial charge in [-0.2, -0.15) is 0 Å². The maximum absolute atomic E-state index is 12.8. The predicted molar refractivity (Wildman–Crippen MR) is 89.0 cm³/mol. The molecule has 3 rings (SSSR count). The van der Waals surface area contributed by atoms with Crippen LogP contribution < -0.4 is 4.90 Å². The lowest BCUT2D eigenvalue weighted by atomic mass is 10.1. The Balaban J connectivity index is 1.86. The molecule has 0 spiro atoms. The van der Waals surface area contributed by atoms with Crippen LogP contribution >= 0.6 is 15.9 Å². The number of anilines is 1. The Labute approximate surface area is 133 Å². The molecular formula is C17H19BrN2O. The number of hydrogen-bond acceptors (Lipinski definition) is 1. The Morgan fingerprint density at radius 2 is 2.00 bits per heavy atom. The smallest absolute Gasteiger partial charge is 0.274 e. The van der Waals surface area contributed by atoms with Crippen molar-refractivity contribution in [1.29, 1.82) is 0 Å². The molecule has 1 fully saturated rings. The van der Waals surface area contributed by atoms with E-state index >= 15 is 0 Å². The van der Waals surface area contributed by atoms with Crippen molar-refractivity contribution >= 4 is 27.5 Å². The van der Waals surface area contributed by atoms with Crippen molar-refractivity contribution in [2.75, 3.05) is 11.9 Å². The second-order valence-electron chi connectivity index (χ2n) is 5.57. The maximum Gasteiger partial charge on any atom is 0.274 e. The summed E-state index contributed by atoms with van der Waals surface area (Å²) in [6, 6.07) is 10.6. The highest BCUT2D eigenvalue weighted by Gasteiger charge is 2.29. The van der Waals surface area contributed by atoms with Gasteiger partial charge in [0.2, 0.25) is 0 Å². The number of amides is 1. The summed E-state index contributed by atoms with van der Waals surface area (Å²) < 4.78 is 3.07. The molecule has 0 atom stereocenters. The topological polar surface area (TPSA) is 25.2 Å². The fraction of sp³-hybridized carbons (Fsp3) is 0.353. The van der Waals surface area contributed by atoms with Crippen molar-refractivity contribution in [1.82, 2.24) is 4.57 Å². The first kappa shape index (κ1) is 14.4. The zero-order valence-corrected chi connectivity index (χ0v) is 13.9. The third kappa shape index (κ3) is 2.91. The summed E-state index contributed by atoms with van der Waals surface area (Å²) >= 11 is 3.48. The van der Waals surface area contributed by atoms with Gasteiger partial charge < -0.3 is 9.47 Å². The number of aryl methyl sites for hydroxylation is 1. The fourth-order valence-electron chi connectivity index (χ4n) is 2.52. The third-order valence-electron chi connectivity index (χ3n) is 4.01. The normalized spacial score (nSPS) is 14.2. The molecule has 1 aromatic heterocycles. The van der Waals surface area contributed by atoms with E-state index in [4.69, 9.17) is 0 Å². The summed E-state index contributed by atoms with van der Waals surface area (Å²) in [7, 11) is 1.83. The molecule has 0 radical (unpaired) electrons. The maximum atomic E-state index is 12.8. The highest BCUT2D eigenvalue weighted by Crippen LogP contribution is 2.38. The van der Waals surface area contributed by atoms with E-state index in [0.29, 0.717) is 6.04 Å². The highest BCUT2D eigenvalue weighted by molar-refractivity contribution is 9.10. The van der Waals surface area contributed by atoms with Crippen LogP contribution in [0.4, 0.5) is 5.69 Å². The minimum Gasteiger partial charge on any atom is -0.339 e. The van der Waals surface area contributed by atoms with E-state index in [-0.39, 0.29) is 5.91 Å². The number of halogens is 1. The minimum atomic E-state index is 0.0387. The molecule has 1 aliphatic carbocycles. The summed E-state index contributed by atoms with van der Waals surface area (Å²) in [5.41, 5.74) is 2.96. The van der Waals surface area contributed by atoms with Gasteiger partial charge in [-0.1, -0.05) is 19.1 Å². The molecule has 3 nitrogen and oxygen atoms in total. The van der Waals surface area contributed by atoms with Gasteiger partial charge in [0.05, 0.1) is 0 Å². The molecule has 1 aromatic carbocycles. The Hall–Kier alpha value is -1.55. The molecule has 4 heteroatoms. The van der Waals surface area contributed by atoms with Crippen molar-refractivity contribution < 1.29 is 4.79 Å². The Kier molecular flexibility index (Phi) is 3.89. The lowest BCUT2D eigenvalue weighted by molar-refractivity contribution is 0.0984. The Morgan fingerprint density at radius 1 is 1.33 bits per heavy atom. The van der Waals surface area contributed by atoms with E-state index in [1.54, 1.807) is 4.90 Å². The summed E-state index contributed by atoms with van der Waals surface area (Å²) in [5, 5.41) is 0. The molecule has 1 saturated carbocycles. The molecule has 0 saturated heterocycles. The van der Waals surface area contributed by atoms with Crippen LogP contribution in [0.15, 0.2) is 41.0 Å². The van der Waals surface area contributed by atoms with Gasteiger partial charge in [0.1, 0.15) is 5.69 Å². The van der Waals surface area contributed by atoms with Crippen molar-refractivity contribution in [2.24, 2.45) is 0 Å². The summed E-state index contributed by atoms with van der Waals surface area (Å²) in [6.45, 7) is 2.13. The molecular weight excluding hydrogens is 328 g/mol. The quantitative estimate of drug-likeness (QED) is 0.804. The van der Waals surface area contributed by atoms with E-state index in [9.17, 15) is 4.79 Å². The van der Waals surface area contributed by atoms with Gasteiger partial charge in [-0.15, -0.1) is 0 Å². The van der Waals surface area contributed by atoms with Gasteiger partial charge in [-0.3, -0.25) is 4.79 Å². The van der Waals surface area contributed by atoms with Crippen LogP contribution in [0.5, 0.6) is 0 Å². The first-order valence-electron chi connectivity index (χ1n) is 7.34. The van der Waals surface area contributed by atoms with Crippen molar-refractivity contribution in [3.8, 4) is 0 Å². The summed E-state index contributed by atoms with van der Waals surface area (Å²) in [5.74, 6) is 0.0387. The molecule has 0 N–H and O–H groups in total. The van der Waals surface area contributed by atoms with Gasteiger partial charge in [0.25, 0.3) is 5.91 Å². The number of nitrogens with zero attached hydrogens (tertiary/aromatic N) is 2. The van der Waals surface area contributed by atoms with Crippen LogP contribution in [0.25, 0.3) is 0 Å². The lowest BCUT2D eigenvalue weighted by Crippen LogP contribution is -2.28. The highest BCUT2D eigenvalue weighted by atomic mass is 79.9. The SMILES string of the molecule is CCc1ccc(N(C)C(=O)c2cc(Br)cn2C2CC2)cc1. The minimum absolute atomic E-state index is 0.0387. The monoisotopic (exact) mass is 346 g/mol. The van der Waals surface area contributed by atoms with E-state index < -0.39 is 0 Å². The third-order valence-corrected chi connectivity index (χ3v) is 4.44. The average Bonchev–Trinajstić information content (AvgIpc) is 3.28. The van der Waals surface area contributed by atoms with Crippen LogP contribution in [0.2, 0.25) is 0 Å². The number of carbonyl (C=O) groups is 1. The van der Waals surface area contributed by atoms with Crippen LogP contribution in [0.3, 0.4) is 0 Å². The summed E-state index contributed by atoms with van der Waals surface area (Å²) in [6.07, 6.45) is 5.35. The molecule has 1 heterocycles. The number of carbonyl (C=O) groups excluding carboxylic acids is 1. The zero-order chi connectivity index (χ0) is 15.0. The Bertz CT molecular complexity index is 656. The number of hydrogen-bond donors (Lipinski definition) is 0. The van der Waals surface area contributed by atoms with Crippen LogP contribution in [0.1, 0.15) is 41.9 Å². The van der Waals surface area contributed by atoms with Crippen LogP contribution in [-0.2, 0) is 6.42 Å². The molecule has 0 unspecified atom stereocenters.